The molecule has 0 bridgehead atoms. The second-order valence-corrected chi connectivity index (χ2v) is 13.7. The van der Waals surface area contributed by atoms with Crippen LogP contribution in [0.2, 0.25) is 0 Å². The molecule has 1 rings (SSSR count). The molecule has 0 aromatic heterocycles. The number of rotatable bonds is 30. The smallest absolute Gasteiger partial charge is 0.403 e. The second-order valence-electron chi connectivity index (χ2n) is 12.1. The quantitative estimate of drug-likeness (QED) is 0.0400. The van der Waals surface area contributed by atoms with Gasteiger partial charge in [-0.25, -0.2) is 18.8 Å². The SMILES string of the molecule is O=C(O)CCC(NP(=O)(O)OCCCCNC(=O)CCC(NC(=O)CCCCCNC(=O)CCCCCNC(=O)c1ccc(F)cc1)C(=O)O)C(=O)O. The molecule has 4 amide bonds. The molecule has 20 heteroatoms. The number of hydrogen-bond acceptors (Lipinski definition) is 9. The molecule has 0 radical (unpaired) electrons. The van der Waals surface area contributed by atoms with Crippen molar-refractivity contribution in [3.05, 3.63) is 35.6 Å². The maximum absolute atomic E-state index is 12.9. The van der Waals surface area contributed by atoms with Gasteiger partial charge in [-0.2, -0.15) is 0 Å². The fourth-order valence-corrected chi connectivity index (χ4v) is 5.76. The van der Waals surface area contributed by atoms with Crippen molar-refractivity contribution in [1.82, 2.24) is 26.4 Å². The Morgan fingerprint density at radius 1 is 0.642 bits per heavy atom. The van der Waals surface area contributed by atoms with E-state index in [1.165, 1.54) is 24.3 Å². The molecule has 0 aliphatic heterocycles. The zero-order chi connectivity index (χ0) is 39.6. The number of nitrogens with one attached hydrogen (secondary N) is 5. The zero-order valence-corrected chi connectivity index (χ0v) is 30.4. The first-order valence-electron chi connectivity index (χ1n) is 17.4. The van der Waals surface area contributed by atoms with Crippen LogP contribution in [0.1, 0.15) is 100 Å². The van der Waals surface area contributed by atoms with Crippen molar-refractivity contribution in [3.63, 3.8) is 0 Å². The molecule has 0 aliphatic carbocycles. The van der Waals surface area contributed by atoms with Crippen LogP contribution in [0.5, 0.6) is 0 Å². The minimum absolute atomic E-state index is 0.0687. The second kappa shape index (κ2) is 26.3. The van der Waals surface area contributed by atoms with Gasteiger partial charge in [-0.05, 0) is 75.6 Å². The van der Waals surface area contributed by atoms with Crippen molar-refractivity contribution in [3.8, 4) is 0 Å². The molecule has 298 valence electrons. The third kappa shape index (κ3) is 23.7. The van der Waals surface area contributed by atoms with Crippen LogP contribution in [-0.2, 0) is 37.9 Å². The molecule has 18 nitrogen and oxygen atoms in total. The Bertz CT molecular complexity index is 1400. The molecule has 1 aromatic carbocycles. The summed E-state index contributed by atoms with van der Waals surface area (Å²) < 4.78 is 29.8. The van der Waals surface area contributed by atoms with Gasteiger partial charge in [0.15, 0.2) is 0 Å². The van der Waals surface area contributed by atoms with E-state index in [9.17, 15) is 52.5 Å². The Morgan fingerprint density at radius 3 is 1.72 bits per heavy atom. The lowest BCUT2D eigenvalue weighted by molar-refractivity contribution is -0.142. The normalized spacial score (nSPS) is 13.2. The summed E-state index contributed by atoms with van der Waals surface area (Å²) in [5.74, 6) is -5.85. The van der Waals surface area contributed by atoms with Crippen molar-refractivity contribution in [2.75, 3.05) is 26.2 Å². The van der Waals surface area contributed by atoms with Crippen molar-refractivity contribution in [2.24, 2.45) is 0 Å². The molecule has 0 spiro atoms. The summed E-state index contributed by atoms with van der Waals surface area (Å²) in [5, 5.41) is 39.6. The maximum Gasteiger partial charge on any atom is 0.403 e. The largest absolute Gasteiger partial charge is 0.481 e. The first kappa shape index (κ1) is 46.6. The molecule has 0 heterocycles. The topological polar surface area (TPSA) is 287 Å². The predicted molar refractivity (Wildman–Crippen MR) is 187 cm³/mol. The molecule has 0 aliphatic rings. The van der Waals surface area contributed by atoms with Gasteiger partial charge in [0.05, 0.1) is 6.61 Å². The number of hydrogen-bond donors (Lipinski definition) is 9. The number of amides is 4. The van der Waals surface area contributed by atoms with Crippen LogP contribution in [0, 0.1) is 5.82 Å². The van der Waals surface area contributed by atoms with Crippen LogP contribution in [0.15, 0.2) is 24.3 Å². The number of aliphatic carboxylic acids is 3. The molecule has 9 N–H and O–H groups in total. The van der Waals surface area contributed by atoms with Crippen molar-refractivity contribution in [2.45, 2.75) is 102 Å². The van der Waals surface area contributed by atoms with Crippen LogP contribution < -0.4 is 26.4 Å². The van der Waals surface area contributed by atoms with Crippen molar-refractivity contribution in [1.29, 1.82) is 0 Å². The highest BCUT2D eigenvalue weighted by atomic mass is 31.2. The summed E-state index contributed by atoms with van der Waals surface area (Å²) in [6.45, 7) is 0.733. The minimum atomic E-state index is -4.54. The maximum atomic E-state index is 12.9. The molecule has 3 unspecified atom stereocenters. The standard InChI is InChI=1S/C33H51FN5O13P/c34-24-13-11-23(12-14-24)31(45)37-21-6-1-3-9-27(40)35-19-5-2-4-10-29(42)38-25(32(46)47)15-17-28(41)36-20-7-8-22-52-53(50,51)39-26(33(48)49)16-18-30(43)44/h11-14,25-26H,1-10,15-22H2,(H,35,40)(H,36,41)(H,37,45)(H,38,42)(H,43,44)(H,46,47)(H,48,49)(H2,39,50,51). The van der Waals surface area contributed by atoms with E-state index in [1.807, 2.05) is 5.09 Å². The van der Waals surface area contributed by atoms with Gasteiger partial charge < -0.3 is 41.5 Å². The van der Waals surface area contributed by atoms with Crippen molar-refractivity contribution >= 4 is 49.3 Å². The predicted octanol–water partition coefficient (Wildman–Crippen LogP) is 2.06. The first-order valence-corrected chi connectivity index (χ1v) is 19.0. The molecule has 0 fully saturated rings. The lowest BCUT2D eigenvalue weighted by Gasteiger charge is -2.18. The monoisotopic (exact) mass is 775 g/mol. The van der Waals surface area contributed by atoms with Crippen LogP contribution >= 0.6 is 7.75 Å². The summed E-state index contributed by atoms with van der Waals surface area (Å²) in [6.07, 6.45) is 3.38. The molecule has 0 saturated carbocycles. The van der Waals surface area contributed by atoms with Gasteiger partial charge in [0, 0.05) is 50.9 Å². The minimum Gasteiger partial charge on any atom is -0.481 e. The van der Waals surface area contributed by atoms with E-state index in [1.54, 1.807) is 0 Å². The third-order valence-electron chi connectivity index (χ3n) is 7.59. The van der Waals surface area contributed by atoms with Gasteiger partial charge in [-0.15, -0.1) is 0 Å². The van der Waals surface area contributed by atoms with Gasteiger partial charge in [-0.1, -0.05) is 12.8 Å². The highest BCUT2D eigenvalue weighted by Gasteiger charge is 2.29. The number of halogens is 1. The van der Waals surface area contributed by atoms with E-state index in [4.69, 9.17) is 14.7 Å². The summed E-state index contributed by atoms with van der Waals surface area (Å²) in [7, 11) is -4.54. The number of carboxylic acids is 3. The van der Waals surface area contributed by atoms with E-state index in [0.29, 0.717) is 63.6 Å². The van der Waals surface area contributed by atoms with E-state index in [2.05, 4.69) is 21.3 Å². The first-order chi connectivity index (χ1) is 25.1. The molecular formula is C33H51FN5O13P. The highest BCUT2D eigenvalue weighted by Crippen LogP contribution is 2.38. The van der Waals surface area contributed by atoms with Gasteiger partial charge >= 0.3 is 25.7 Å². The fourth-order valence-electron chi connectivity index (χ4n) is 4.67. The number of unbranched alkanes of at least 4 members (excludes halogenated alkanes) is 5. The number of carboxylic acid groups (broad SMARTS) is 3. The lowest BCUT2D eigenvalue weighted by atomic mass is 10.1. The van der Waals surface area contributed by atoms with Crippen LogP contribution in [-0.4, -0.2) is 100 Å². The number of carbonyl (C=O) groups excluding carboxylic acids is 4. The highest BCUT2D eigenvalue weighted by molar-refractivity contribution is 7.50. The Hall–Kier alpha value is -4.45. The third-order valence-corrected chi connectivity index (χ3v) is 8.76. The van der Waals surface area contributed by atoms with E-state index >= 15 is 0 Å². The van der Waals surface area contributed by atoms with Gasteiger partial charge in [0.2, 0.25) is 17.7 Å². The summed E-state index contributed by atoms with van der Waals surface area (Å²) in [4.78, 5) is 91.6. The van der Waals surface area contributed by atoms with Gasteiger partial charge in [0.25, 0.3) is 5.91 Å². The molecule has 1 aromatic rings. The fraction of sp³-hybridized carbons (Fsp3) is 0.606. The molecular weight excluding hydrogens is 724 g/mol. The van der Waals surface area contributed by atoms with E-state index in [0.717, 1.165) is 6.42 Å². The Labute approximate surface area is 306 Å². The number of carbonyl (C=O) groups is 7. The van der Waals surface area contributed by atoms with Gasteiger partial charge in [-0.3, -0.25) is 33.3 Å². The van der Waals surface area contributed by atoms with Gasteiger partial charge in [0.1, 0.15) is 17.9 Å². The van der Waals surface area contributed by atoms with Crippen LogP contribution in [0.3, 0.4) is 0 Å². The average Bonchev–Trinajstić information content (AvgIpc) is 3.09. The summed E-state index contributed by atoms with van der Waals surface area (Å²) >= 11 is 0. The zero-order valence-electron chi connectivity index (χ0n) is 29.5. The Balaban J connectivity index is 2.11. The Kier molecular flexibility index (Phi) is 23.1. The lowest BCUT2D eigenvalue weighted by Crippen LogP contribution is -2.41. The average molecular weight is 776 g/mol. The molecule has 3 atom stereocenters. The number of benzene rings is 1. The molecule has 0 saturated heterocycles. The Morgan fingerprint density at radius 2 is 1.15 bits per heavy atom. The van der Waals surface area contributed by atoms with Crippen LogP contribution in [0.4, 0.5) is 4.39 Å². The van der Waals surface area contributed by atoms with Crippen LogP contribution in [0.25, 0.3) is 0 Å². The van der Waals surface area contributed by atoms with E-state index < -0.39 is 68.2 Å². The van der Waals surface area contributed by atoms with E-state index in [-0.39, 0.29) is 50.6 Å². The van der Waals surface area contributed by atoms with Crippen molar-refractivity contribution < 1.29 is 67.3 Å². The summed E-state index contributed by atoms with van der Waals surface area (Å²) in [5.41, 5.74) is 0.372. The molecule has 53 heavy (non-hydrogen) atoms. The summed E-state index contributed by atoms with van der Waals surface area (Å²) in [6, 6.07) is 2.37.